The van der Waals surface area contributed by atoms with Crippen LogP contribution in [0, 0.1) is 6.92 Å². The Morgan fingerprint density at radius 3 is 2.80 bits per heavy atom. The van der Waals surface area contributed by atoms with Crippen LogP contribution in [0.3, 0.4) is 0 Å². The largest absolute Gasteiger partial charge is 0.348 e. The number of thioether (sulfide) groups is 1. The molecule has 0 radical (unpaired) electrons. The first kappa shape index (κ1) is 12.5. The molecule has 0 aromatic carbocycles. The quantitative estimate of drug-likeness (QED) is 0.745. The molecule has 0 bridgehead atoms. The summed E-state index contributed by atoms with van der Waals surface area (Å²) in [5, 5.41) is 0.927. The third kappa shape index (κ3) is 2.95. The number of carbonyl (C=O) groups is 1. The number of rotatable bonds is 5. The lowest BCUT2D eigenvalue weighted by molar-refractivity contribution is 0.112. The fraction of sp³-hybridized carbons (Fsp3) is 0.600. The molecule has 0 fully saturated rings. The summed E-state index contributed by atoms with van der Waals surface area (Å²) < 4.78 is 0. The zero-order chi connectivity index (χ0) is 11.4. The van der Waals surface area contributed by atoms with Gasteiger partial charge in [0.15, 0.2) is 11.4 Å². The molecule has 0 amide bonds. The second-order valence-electron chi connectivity index (χ2n) is 3.48. The van der Waals surface area contributed by atoms with Gasteiger partial charge in [-0.2, -0.15) is 11.8 Å². The minimum atomic E-state index is 0.435. The number of anilines is 1. The van der Waals surface area contributed by atoms with Crippen molar-refractivity contribution >= 4 is 34.5 Å². The molecule has 5 heteroatoms. The summed E-state index contributed by atoms with van der Waals surface area (Å²) in [7, 11) is 2.02. The number of aromatic nitrogens is 1. The number of nitrogens with zero attached hydrogens (tertiary/aromatic N) is 2. The van der Waals surface area contributed by atoms with Gasteiger partial charge in [-0.1, -0.05) is 11.3 Å². The van der Waals surface area contributed by atoms with E-state index in [1.807, 2.05) is 25.7 Å². The van der Waals surface area contributed by atoms with E-state index >= 15 is 0 Å². The van der Waals surface area contributed by atoms with Gasteiger partial charge in [0.1, 0.15) is 0 Å². The monoisotopic (exact) mass is 244 g/mol. The number of carbonyl (C=O) groups excluding carboxylic acids is 1. The molecule has 0 aliphatic heterocycles. The first-order valence-electron chi connectivity index (χ1n) is 4.74. The Kier molecular flexibility index (Phi) is 4.60. The molecule has 1 rings (SSSR count). The van der Waals surface area contributed by atoms with Crippen molar-refractivity contribution in [2.24, 2.45) is 0 Å². The molecule has 84 valence electrons. The van der Waals surface area contributed by atoms with E-state index in [1.165, 1.54) is 11.3 Å². The normalized spacial score (nSPS) is 12.5. The Bertz CT molecular complexity index is 338. The van der Waals surface area contributed by atoms with E-state index in [-0.39, 0.29) is 0 Å². The van der Waals surface area contributed by atoms with Gasteiger partial charge in [0, 0.05) is 18.8 Å². The molecule has 1 unspecified atom stereocenters. The van der Waals surface area contributed by atoms with Crippen molar-refractivity contribution < 1.29 is 4.79 Å². The molecular formula is C10H16N2OS2. The molecule has 1 atom stereocenters. The predicted octanol–water partition coefficient (Wildman–Crippen LogP) is 2.45. The predicted molar refractivity (Wildman–Crippen MR) is 68.5 cm³/mol. The van der Waals surface area contributed by atoms with Crippen LogP contribution in [0.25, 0.3) is 0 Å². The fourth-order valence-electron chi connectivity index (χ4n) is 1.20. The van der Waals surface area contributed by atoms with Gasteiger partial charge >= 0.3 is 0 Å². The van der Waals surface area contributed by atoms with E-state index in [0.717, 1.165) is 27.7 Å². The summed E-state index contributed by atoms with van der Waals surface area (Å²) in [4.78, 5) is 18.0. The third-order valence-electron chi connectivity index (χ3n) is 2.30. The lowest BCUT2D eigenvalue weighted by Gasteiger charge is -2.23. The van der Waals surface area contributed by atoms with Crippen LogP contribution in [0.15, 0.2) is 0 Å². The van der Waals surface area contributed by atoms with Gasteiger partial charge in [-0.05, 0) is 20.1 Å². The minimum absolute atomic E-state index is 0.435. The van der Waals surface area contributed by atoms with Crippen LogP contribution in [0.1, 0.15) is 22.3 Å². The maximum absolute atomic E-state index is 10.7. The van der Waals surface area contributed by atoms with E-state index in [1.54, 1.807) is 0 Å². The molecule has 0 saturated heterocycles. The van der Waals surface area contributed by atoms with Crippen LogP contribution in [0.2, 0.25) is 0 Å². The van der Waals surface area contributed by atoms with Crippen LogP contribution in [-0.2, 0) is 0 Å². The molecule has 1 aromatic rings. The Hall–Kier alpha value is -0.550. The summed E-state index contributed by atoms with van der Waals surface area (Å²) >= 11 is 3.27. The summed E-state index contributed by atoms with van der Waals surface area (Å²) in [6.07, 6.45) is 2.97. The molecular weight excluding hydrogens is 228 g/mol. The van der Waals surface area contributed by atoms with Crippen LogP contribution in [0.4, 0.5) is 5.13 Å². The Labute approximate surface area is 98.9 Å². The zero-order valence-corrected chi connectivity index (χ0v) is 11.1. The SMILES string of the molecule is CSCC(C)N(C)c1nc(C)c(C=O)s1. The van der Waals surface area contributed by atoms with Crippen molar-refractivity contribution in [1.82, 2.24) is 4.98 Å². The minimum Gasteiger partial charge on any atom is -0.348 e. The Morgan fingerprint density at radius 2 is 2.33 bits per heavy atom. The van der Waals surface area contributed by atoms with Crippen molar-refractivity contribution in [3.63, 3.8) is 0 Å². The van der Waals surface area contributed by atoms with Gasteiger partial charge < -0.3 is 4.90 Å². The van der Waals surface area contributed by atoms with Gasteiger partial charge in [0.05, 0.1) is 10.6 Å². The highest BCUT2D eigenvalue weighted by Crippen LogP contribution is 2.25. The summed E-state index contributed by atoms with van der Waals surface area (Å²) in [5.41, 5.74) is 0.827. The number of hydrogen-bond donors (Lipinski definition) is 0. The van der Waals surface area contributed by atoms with Gasteiger partial charge in [-0.15, -0.1) is 0 Å². The van der Waals surface area contributed by atoms with Gasteiger partial charge in [-0.25, -0.2) is 4.98 Å². The lowest BCUT2D eigenvalue weighted by atomic mass is 10.4. The second kappa shape index (κ2) is 5.51. The topological polar surface area (TPSA) is 33.2 Å². The third-order valence-corrected chi connectivity index (χ3v) is 4.29. The zero-order valence-electron chi connectivity index (χ0n) is 9.48. The molecule has 0 aliphatic rings. The highest BCUT2D eigenvalue weighted by atomic mass is 32.2. The lowest BCUT2D eigenvalue weighted by Crippen LogP contribution is -2.30. The number of hydrogen-bond acceptors (Lipinski definition) is 5. The van der Waals surface area contributed by atoms with Crippen LogP contribution in [-0.4, -0.2) is 36.4 Å². The van der Waals surface area contributed by atoms with Gasteiger partial charge in [-0.3, -0.25) is 4.79 Å². The Morgan fingerprint density at radius 1 is 1.67 bits per heavy atom. The molecule has 0 N–H and O–H groups in total. The standard InChI is InChI=1S/C10H16N2OS2/c1-7(6-14-4)12(3)10-11-8(2)9(5-13)15-10/h5,7H,6H2,1-4H3. The van der Waals surface area contributed by atoms with E-state index in [4.69, 9.17) is 0 Å². The first-order valence-corrected chi connectivity index (χ1v) is 6.95. The number of aldehydes is 1. The smallest absolute Gasteiger partial charge is 0.186 e. The average Bonchev–Trinajstić information content (AvgIpc) is 2.59. The van der Waals surface area contributed by atoms with Crippen LogP contribution < -0.4 is 4.90 Å². The van der Waals surface area contributed by atoms with Crippen molar-refractivity contribution in [2.75, 3.05) is 24.0 Å². The number of aryl methyl sites for hydroxylation is 1. The Balaban J connectivity index is 2.81. The first-order chi connectivity index (χ1) is 7.10. The van der Waals surface area contributed by atoms with Crippen molar-refractivity contribution in [3.8, 4) is 0 Å². The maximum Gasteiger partial charge on any atom is 0.186 e. The fourth-order valence-corrected chi connectivity index (χ4v) is 2.85. The van der Waals surface area contributed by atoms with Crippen molar-refractivity contribution in [2.45, 2.75) is 19.9 Å². The molecule has 15 heavy (non-hydrogen) atoms. The van der Waals surface area contributed by atoms with Gasteiger partial charge in [0.2, 0.25) is 0 Å². The summed E-state index contributed by atoms with van der Waals surface area (Å²) in [5.74, 6) is 1.06. The molecule has 1 aromatic heterocycles. The maximum atomic E-state index is 10.7. The van der Waals surface area contributed by atoms with E-state index in [0.29, 0.717) is 6.04 Å². The summed E-state index contributed by atoms with van der Waals surface area (Å²) in [6, 6.07) is 0.435. The average molecular weight is 244 g/mol. The van der Waals surface area contributed by atoms with E-state index in [9.17, 15) is 4.79 Å². The van der Waals surface area contributed by atoms with Crippen LogP contribution in [0.5, 0.6) is 0 Å². The van der Waals surface area contributed by atoms with Crippen molar-refractivity contribution in [3.05, 3.63) is 10.6 Å². The van der Waals surface area contributed by atoms with Crippen molar-refractivity contribution in [1.29, 1.82) is 0 Å². The molecule has 1 heterocycles. The highest BCUT2D eigenvalue weighted by Gasteiger charge is 2.14. The molecule has 0 aliphatic carbocycles. The van der Waals surface area contributed by atoms with Gasteiger partial charge in [0.25, 0.3) is 0 Å². The molecule has 3 nitrogen and oxygen atoms in total. The second-order valence-corrected chi connectivity index (χ2v) is 5.40. The number of thiazole rings is 1. The molecule has 0 spiro atoms. The molecule has 0 saturated carbocycles. The highest BCUT2D eigenvalue weighted by molar-refractivity contribution is 7.98. The summed E-state index contributed by atoms with van der Waals surface area (Å²) in [6.45, 7) is 4.03. The van der Waals surface area contributed by atoms with Crippen LogP contribution >= 0.6 is 23.1 Å². The van der Waals surface area contributed by atoms with E-state index < -0.39 is 0 Å². The van der Waals surface area contributed by atoms with E-state index in [2.05, 4.69) is 23.1 Å².